The van der Waals surface area contributed by atoms with Gasteiger partial charge in [-0.25, -0.2) is 9.50 Å². The number of rotatable bonds is 1. The maximum absolute atomic E-state index is 11.2. The molecule has 0 aliphatic heterocycles. The molecule has 1 amide bonds. The molecule has 0 aliphatic rings. The molecule has 2 aromatic rings. The molecule has 0 spiro atoms. The molecule has 2 heterocycles. The van der Waals surface area contributed by atoms with Crippen molar-refractivity contribution in [2.24, 2.45) is 0 Å². The standard InChI is InChI=1S/C10H11ClN4O/c1-6-4-8(11)15-9(12-6)5-10(13-15)14(3)7(2)16/h4-5H,1-3H3. The van der Waals surface area contributed by atoms with Gasteiger partial charge in [0.1, 0.15) is 5.15 Å². The summed E-state index contributed by atoms with van der Waals surface area (Å²) in [6, 6.07) is 3.44. The van der Waals surface area contributed by atoms with E-state index in [4.69, 9.17) is 11.6 Å². The van der Waals surface area contributed by atoms with Gasteiger partial charge in [-0.3, -0.25) is 9.69 Å². The molecule has 0 atom stereocenters. The van der Waals surface area contributed by atoms with Crippen LogP contribution in [0, 0.1) is 6.92 Å². The van der Waals surface area contributed by atoms with Gasteiger partial charge in [-0.15, -0.1) is 5.10 Å². The molecule has 0 saturated carbocycles. The van der Waals surface area contributed by atoms with E-state index < -0.39 is 0 Å². The zero-order valence-electron chi connectivity index (χ0n) is 9.23. The molecule has 2 rings (SSSR count). The number of aromatic nitrogens is 3. The second kappa shape index (κ2) is 3.75. The predicted octanol–water partition coefficient (Wildman–Crippen LogP) is 1.67. The van der Waals surface area contributed by atoms with Crippen LogP contribution in [0.25, 0.3) is 5.65 Å². The normalized spacial score (nSPS) is 10.8. The molecule has 84 valence electrons. The zero-order chi connectivity index (χ0) is 11.9. The third-order valence-electron chi connectivity index (χ3n) is 2.31. The fourth-order valence-corrected chi connectivity index (χ4v) is 1.65. The number of anilines is 1. The third-order valence-corrected chi connectivity index (χ3v) is 2.58. The molecule has 0 saturated heterocycles. The molecular weight excluding hydrogens is 228 g/mol. The van der Waals surface area contributed by atoms with Gasteiger partial charge in [-0.2, -0.15) is 0 Å². The summed E-state index contributed by atoms with van der Waals surface area (Å²) < 4.78 is 1.50. The van der Waals surface area contributed by atoms with Crippen LogP contribution in [0.4, 0.5) is 5.82 Å². The van der Waals surface area contributed by atoms with Crippen LogP contribution in [0.15, 0.2) is 12.1 Å². The fraction of sp³-hybridized carbons (Fsp3) is 0.300. The molecular formula is C10H11ClN4O. The van der Waals surface area contributed by atoms with Crippen LogP contribution in [0.1, 0.15) is 12.6 Å². The van der Waals surface area contributed by atoms with Crippen LogP contribution in [-0.4, -0.2) is 27.6 Å². The van der Waals surface area contributed by atoms with Gasteiger partial charge < -0.3 is 0 Å². The van der Waals surface area contributed by atoms with E-state index in [-0.39, 0.29) is 5.91 Å². The number of aryl methyl sites for hydroxylation is 1. The van der Waals surface area contributed by atoms with Gasteiger partial charge in [-0.1, -0.05) is 11.6 Å². The van der Waals surface area contributed by atoms with Crippen molar-refractivity contribution in [2.75, 3.05) is 11.9 Å². The quantitative estimate of drug-likeness (QED) is 0.711. The maximum atomic E-state index is 11.2. The average molecular weight is 239 g/mol. The van der Waals surface area contributed by atoms with Crippen LogP contribution >= 0.6 is 11.6 Å². The maximum Gasteiger partial charge on any atom is 0.224 e. The van der Waals surface area contributed by atoms with Crippen molar-refractivity contribution in [1.82, 2.24) is 14.6 Å². The number of fused-ring (bicyclic) bond motifs is 1. The number of nitrogens with zero attached hydrogens (tertiary/aromatic N) is 4. The second-order valence-electron chi connectivity index (χ2n) is 3.57. The van der Waals surface area contributed by atoms with Gasteiger partial charge in [0.25, 0.3) is 0 Å². The van der Waals surface area contributed by atoms with E-state index in [1.165, 1.54) is 16.3 Å². The molecule has 16 heavy (non-hydrogen) atoms. The summed E-state index contributed by atoms with van der Waals surface area (Å²) in [6.07, 6.45) is 0. The minimum Gasteiger partial charge on any atom is -0.299 e. The van der Waals surface area contributed by atoms with E-state index in [1.807, 2.05) is 6.92 Å². The Hall–Kier alpha value is -1.62. The highest BCUT2D eigenvalue weighted by molar-refractivity contribution is 6.29. The van der Waals surface area contributed by atoms with Gasteiger partial charge in [0.05, 0.1) is 0 Å². The van der Waals surface area contributed by atoms with Crippen LogP contribution in [-0.2, 0) is 4.79 Å². The lowest BCUT2D eigenvalue weighted by atomic mass is 10.4. The highest BCUT2D eigenvalue weighted by atomic mass is 35.5. The van der Waals surface area contributed by atoms with Crippen molar-refractivity contribution < 1.29 is 4.79 Å². The zero-order valence-corrected chi connectivity index (χ0v) is 9.99. The molecule has 5 nitrogen and oxygen atoms in total. The van der Waals surface area contributed by atoms with Gasteiger partial charge >= 0.3 is 0 Å². The van der Waals surface area contributed by atoms with Gasteiger partial charge in [0.2, 0.25) is 5.91 Å². The SMILES string of the molecule is CC(=O)N(C)c1cc2nc(C)cc(Cl)n2n1. The highest BCUT2D eigenvalue weighted by Crippen LogP contribution is 2.18. The Kier molecular flexibility index (Phi) is 2.55. The third kappa shape index (κ3) is 1.74. The topological polar surface area (TPSA) is 50.5 Å². The lowest BCUT2D eigenvalue weighted by Gasteiger charge is -2.09. The van der Waals surface area contributed by atoms with E-state index in [0.29, 0.717) is 16.6 Å². The smallest absolute Gasteiger partial charge is 0.224 e. The molecule has 0 radical (unpaired) electrons. The first-order chi connectivity index (χ1) is 7.49. The number of carbonyl (C=O) groups excluding carboxylic acids is 1. The molecule has 0 aromatic carbocycles. The van der Waals surface area contributed by atoms with Gasteiger partial charge in [0.15, 0.2) is 11.5 Å². The van der Waals surface area contributed by atoms with Crippen LogP contribution in [0.3, 0.4) is 0 Å². The van der Waals surface area contributed by atoms with Gasteiger partial charge in [0, 0.05) is 25.7 Å². The van der Waals surface area contributed by atoms with Crippen molar-refractivity contribution in [3.8, 4) is 0 Å². The number of amides is 1. The number of hydrogen-bond donors (Lipinski definition) is 0. The van der Waals surface area contributed by atoms with Crippen LogP contribution < -0.4 is 4.90 Å². The highest BCUT2D eigenvalue weighted by Gasteiger charge is 2.12. The first-order valence-corrected chi connectivity index (χ1v) is 5.14. The van der Waals surface area contributed by atoms with Crippen molar-refractivity contribution in [2.45, 2.75) is 13.8 Å². The summed E-state index contributed by atoms with van der Waals surface area (Å²) in [4.78, 5) is 16.9. The van der Waals surface area contributed by atoms with E-state index in [9.17, 15) is 4.79 Å². The van der Waals surface area contributed by atoms with E-state index in [2.05, 4.69) is 10.1 Å². The van der Waals surface area contributed by atoms with Crippen molar-refractivity contribution in [3.05, 3.63) is 23.0 Å². The predicted molar refractivity (Wildman–Crippen MR) is 61.8 cm³/mol. The molecule has 6 heteroatoms. The van der Waals surface area contributed by atoms with E-state index in [0.717, 1.165) is 5.69 Å². The van der Waals surface area contributed by atoms with E-state index in [1.54, 1.807) is 19.2 Å². The molecule has 0 unspecified atom stereocenters. The Balaban J connectivity index is 2.60. The Morgan fingerprint density at radius 1 is 1.50 bits per heavy atom. The molecule has 0 N–H and O–H groups in total. The van der Waals surface area contributed by atoms with Gasteiger partial charge in [-0.05, 0) is 13.0 Å². The number of halogens is 1. The Bertz CT molecular complexity index is 563. The lowest BCUT2D eigenvalue weighted by molar-refractivity contribution is -0.116. The number of hydrogen-bond acceptors (Lipinski definition) is 3. The van der Waals surface area contributed by atoms with Crippen LogP contribution in [0.2, 0.25) is 5.15 Å². The monoisotopic (exact) mass is 238 g/mol. The van der Waals surface area contributed by atoms with Crippen LogP contribution in [0.5, 0.6) is 0 Å². The lowest BCUT2D eigenvalue weighted by Crippen LogP contribution is -2.23. The molecule has 0 bridgehead atoms. The van der Waals surface area contributed by atoms with Crippen molar-refractivity contribution in [1.29, 1.82) is 0 Å². The molecule has 2 aromatic heterocycles. The summed E-state index contributed by atoms with van der Waals surface area (Å²) in [7, 11) is 1.66. The summed E-state index contributed by atoms with van der Waals surface area (Å²) in [6.45, 7) is 3.33. The summed E-state index contributed by atoms with van der Waals surface area (Å²) in [5.41, 5.74) is 1.45. The minimum atomic E-state index is -0.0868. The minimum absolute atomic E-state index is 0.0868. The summed E-state index contributed by atoms with van der Waals surface area (Å²) in [5, 5.41) is 4.68. The van der Waals surface area contributed by atoms with E-state index >= 15 is 0 Å². The van der Waals surface area contributed by atoms with Crippen molar-refractivity contribution in [3.63, 3.8) is 0 Å². The van der Waals surface area contributed by atoms with Crippen molar-refractivity contribution >= 4 is 29.0 Å². The fourth-order valence-electron chi connectivity index (χ4n) is 1.37. The second-order valence-corrected chi connectivity index (χ2v) is 3.96. The number of carbonyl (C=O) groups is 1. The largest absolute Gasteiger partial charge is 0.299 e. The summed E-state index contributed by atoms with van der Waals surface area (Å²) in [5.74, 6) is 0.448. The molecule has 0 fully saturated rings. The Morgan fingerprint density at radius 2 is 2.19 bits per heavy atom. The summed E-state index contributed by atoms with van der Waals surface area (Å²) >= 11 is 6.02. The molecule has 0 aliphatic carbocycles. The first kappa shape index (κ1) is 10.9. The Labute approximate surface area is 97.6 Å². The average Bonchev–Trinajstić information content (AvgIpc) is 2.60. The Morgan fingerprint density at radius 3 is 2.81 bits per heavy atom. The first-order valence-electron chi connectivity index (χ1n) is 4.76.